The Morgan fingerprint density at radius 1 is 1.38 bits per heavy atom. The molecule has 0 aliphatic rings. The van der Waals surface area contributed by atoms with Gasteiger partial charge in [0.05, 0.1) is 19.1 Å². The third-order valence-corrected chi connectivity index (χ3v) is 2.39. The van der Waals surface area contributed by atoms with Crippen molar-refractivity contribution in [1.82, 2.24) is 4.98 Å². The largest absolute Gasteiger partial charge is 0.492 e. The normalized spacial score (nSPS) is 10.0. The summed E-state index contributed by atoms with van der Waals surface area (Å²) >= 11 is 0. The number of fused-ring (bicyclic) bond motifs is 1. The summed E-state index contributed by atoms with van der Waals surface area (Å²) in [6, 6.07) is 9.81. The average Bonchev–Trinajstić information content (AvgIpc) is 2.33. The monoisotopic (exact) mass is 212 g/mol. The molecule has 0 unspecified atom stereocenters. The van der Waals surface area contributed by atoms with Crippen LogP contribution in [0, 0.1) is 11.3 Å². The molecule has 3 nitrogen and oxygen atoms in total. The molecule has 0 saturated heterocycles. The van der Waals surface area contributed by atoms with E-state index in [1.807, 2.05) is 31.2 Å². The zero-order valence-corrected chi connectivity index (χ0v) is 9.10. The van der Waals surface area contributed by atoms with Crippen molar-refractivity contribution >= 4 is 10.9 Å². The van der Waals surface area contributed by atoms with Crippen LogP contribution in [-0.4, -0.2) is 11.6 Å². The third kappa shape index (κ3) is 1.82. The topological polar surface area (TPSA) is 45.9 Å². The Kier molecular flexibility index (Phi) is 3.02. The molecule has 0 radical (unpaired) electrons. The summed E-state index contributed by atoms with van der Waals surface area (Å²) in [5, 5.41) is 9.75. The molecule has 1 aromatic carbocycles. The molecule has 16 heavy (non-hydrogen) atoms. The first-order valence-corrected chi connectivity index (χ1v) is 5.23. The van der Waals surface area contributed by atoms with Gasteiger partial charge in [0.1, 0.15) is 11.3 Å². The van der Waals surface area contributed by atoms with E-state index in [9.17, 15) is 0 Å². The van der Waals surface area contributed by atoms with Crippen molar-refractivity contribution in [3.63, 3.8) is 0 Å². The van der Waals surface area contributed by atoms with Gasteiger partial charge in [0.25, 0.3) is 0 Å². The molecule has 3 heteroatoms. The van der Waals surface area contributed by atoms with Crippen LogP contribution in [0.1, 0.15) is 12.5 Å². The zero-order valence-electron chi connectivity index (χ0n) is 9.10. The van der Waals surface area contributed by atoms with Crippen molar-refractivity contribution in [2.24, 2.45) is 0 Å². The third-order valence-electron chi connectivity index (χ3n) is 2.39. The molecular weight excluding hydrogens is 200 g/mol. The maximum absolute atomic E-state index is 8.75. The summed E-state index contributed by atoms with van der Waals surface area (Å²) in [5.41, 5.74) is 1.83. The predicted molar refractivity (Wildman–Crippen MR) is 62.2 cm³/mol. The molecule has 0 bridgehead atoms. The summed E-state index contributed by atoms with van der Waals surface area (Å²) in [5.74, 6) is 0.778. The van der Waals surface area contributed by atoms with E-state index < -0.39 is 0 Å². The van der Waals surface area contributed by atoms with Gasteiger partial charge in [-0.3, -0.25) is 4.98 Å². The maximum Gasteiger partial charge on any atom is 0.145 e. The Morgan fingerprint density at radius 3 is 3.00 bits per heavy atom. The lowest BCUT2D eigenvalue weighted by atomic mass is 10.1. The van der Waals surface area contributed by atoms with Crippen LogP contribution in [0.15, 0.2) is 30.5 Å². The van der Waals surface area contributed by atoms with Crippen molar-refractivity contribution in [3.05, 3.63) is 36.0 Å². The number of benzene rings is 1. The fourth-order valence-electron chi connectivity index (χ4n) is 1.72. The number of pyridine rings is 1. The molecule has 0 spiro atoms. The second-order valence-corrected chi connectivity index (χ2v) is 3.39. The van der Waals surface area contributed by atoms with Gasteiger partial charge in [-0.05, 0) is 24.6 Å². The summed E-state index contributed by atoms with van der Waals surface area (Å²) in [7, 11) is 0. The van der Waals surface area contributed by atoms with Gasteiger partial charge in [-0.1, -0.05) is 12.1 Å². The standard InChI is InChI=1S/C13H12N2O/c1-2-16-12-6-5-10(7-8-14)11-4-3-9-15-13(11)12/h3-6,9H,2,7H2,1H3. The highest BCUT2D eigenvalue weighted by atomic mass is 16.5. The van der Waals surface area contributed by atoms with Crippen LogP contribution in [-0.2, 0) is 6.42 Å². The number of hydrogen-bond acceptors (Lipinski definition) is 3. The van der Waals surface area contributed by atoms with Crippen LogP contribution < -0.4 is 4.74 Å². The first-order valence-electron chi connectivity index (χ1n) is 5.23. The summed E-state index contributed by atoms with van der Waals surface area (Å²) in [6.07, 6.45) is 2.13. The number of aromatic nitrogens is 1. The van der Waals surface area contributed by atoms with Gasteiger partial charge in [0.15, 0.2) is 0 Å². The Labute approximate surface area is 94.3 Å². The minimum Gasteiger partial charge on any atom is -0.492 e. The van der Waals surface area contributed by atoms with E-state index >= 15 is 0 Å². The number of ether oxygens (including phenoxy) is 1. The van der Waals surface area contributed by atoms with E-state index in [1.54, 1.807) is 6.20 Å². The molecule has 2 rings (SSSR count). The number of hydrogen-bond donors (Lipinski definition) is 0. The van der Waals surface area contributed by atoms with Crippen LogP contribution in [0.2, 0.25) is 0 Å². The molecule has 1 aromatic heterocycles. The van der Waals surface area contributed by atoms with Crippen LogP contribution in [0.25, 0.3) is 10.9 Å². The number of nitrogens with zero attached hydrogens (tertiary/aromatic N) is 2. The molecule has 1 heterocycles. The van der Waals surface area contributed by atoms with Crippen LogP contribution in [0.4, 0.5) is 0 Å². The molecule has 80 valence electrons. The van der Waals surface area contributed by atoms with Gasteiger partial charge in [0, 0.05) is 11.6 Å². The SMILES string of the molecule is CCOc1ccc(CC#N)c2cccnc12. The van der Waals surface area contributed by atoms with Crippen molar-refractivity contribution in [2.75, 3.05) is 6.61 Å². The first-order chi connectivity index (χ1) is 7.86. The van der Waals surface area contributed by atoms with Gasteiger partial charge in [-0.2, -0.15) is 5.26 Å². The van der Waals surface area contributed by atoms with Crippen LogP contribution in [0.5, 0.6) is 5.75 Å². The number of rotatable bonds is 3. The minimum absolute atomic E-state index is 0.397. The molecule has 2 aromatic rings. The van der Waals surface area contributed by atoms with E-state index in [0.29, 0.717) is 13.0 Å². The smallest absolute Gasteiger partial charge is 0.145 e. The lowest BCUT2D eigenvalue weighted by Gasteiger charge is -2.08. The Balaban J connectivity index is 2.63. The molecule has 0 amide bonds. The molecule has 0 aliphatic heterocycles. The van der Waals surface area contributed by atoms with E-state index in [0.717, 1.165) is 22.2 Å². The fourth-order valence-corrected chi connectivity index (χ4v) is 1.72. The van der Waals surface area contributed by atoms with Crippen molar-refractivity contribution < 1.29 is 4.74 Å². The van der Waals surface area contributed by atoms with Crippen molar-refractivity contribution in [3.8, 4) is 11.8 Å². The highest BCUT2D eigenvalue weighted by molar-refractivity contribution is 5.87. The van der Waals surface area contributed by atoms with E-state index in [-0.39, 0.29) is 0 Å². The minimum atomic E-state index is 0.397. The molecule has 0 N–H and O–H groups in total. The zero-order chi connectivity index (χ0) is 11.4. The van der Waals surface area contributed by atoms with Crippen molar-refractivity contribution in [2.45, 2.75) is 13.3 Å². The predicted octanol–water partition coefficient (Wildman–Crippen LogP) is 2.70. The average molecular weight is 212 g/mol. The second kappa shape index (κ2) is 4.63. The Morgan fingerprint density at radius 2 is 2.25 bits per heavy atom. The van der Waals surface area contributed by atoms with E-state index in [1.165, 1.54) is 0 Å². The van der Waals surface area contributed by atoms with Gasteiger partial charge in [-0.15, -0.1) is 0 Å². The number of nitriles is 1. The molecule has 0 aliphatic carbocycles. The van der Waals surface area contributed by atoms with Crippen LogP contribution in [0.3, 0.4) is 0 Å². The van der Waals surface area contributed by atoms with Gasteiger partial charge < -0.3 is 4.74 Å². The van der Waals surface area contributed by atoms with E-state index in [2.05, 4.69) is 11.1 Å². The Bertz CT molecular complexity index is 543. The Hall–Kier alpha value is -2.08. The van der Waals surface area contributed by atoms with Crippen LogP contribution >= 0.6 is 0 Å². The molecule has 0 saturated carbocycles. The van der Waals surface area contributed by atoms with Gasteiger partial charge >= 0.3 is 0 Å². The van der Waals surface area contributed by atoms with E-state index in [4.69, 9.17) is 10.00 Å². The lowest BCUT2D eigenvalue weighted by Crippen LogP contribution is -1.95. The first kappa shape index (κ1) is 10.4. The van der Waals surface area contributed by atoms with Crippen molar-refractivity contribution in [1.29, 1.82) is 5.26 Å². The van der Waals surface area contributed by atoms with Gasteiger partial charge in [-0.25, -0.2) is 0 Å². The van der Waals surface area contributed by atoms with Gasteiger partial charge in [0.2, 0.25) is 0 Å². The molecule has 0 fully saturated rings. The maximum atomic E-state index is 8.75. The molecular formula is C13H12N2O. The fraction of sp³-hybridized carbons (Fsp3) is 0.231. The lowest BCUT2D eigenvalue weighted by molar-refractivity contribution is 0.343. The summed E-state index contributed by atoms with van der Waals surface area (Å²) in [6.45, 7) is 2.56. The second-order valence-electron chi connectivity index (χ2n) is 3.39. The quantitative estimate of drug-likeness (QED) is 0.785. The molecule has 0 atom stereocenters. The highest BCUT2D eigenvalue weighted by Gasteiger charge is 2.06. The summed E-state index contributed by atoms with van der Waals surface area (Å²) in [4.78, 5) is 4.31. The highest BCUT2D eigenvalue weighted by Crippen LogP contribution is 2.26. The summed E-state index contributed by atoms with van der Waals surface area (Å²) < 4.78 is 5.51.